The van der Waals surface area contributed by atoms with Crippen molar-refractivity contribution < 1.29 is 29.4 Å². The number of ketones is 1. The van der Waals surface area contributed by atoms with Gasteiger partial charge in [0, 0.05) is 12.0 Å². The lowest BCUT2D eigenvalue weighted by Crippen LogP contribution is -2.67. The van der Waals surface area contributed by atoms with Crippen molar-refractivity contribution >= 4 is 23.6 Å². The summed E-state index contributed by atoms with van der Waals surface area (Å²) in [5, 5.41) is 22.2. The molecule has 7 heteroatoms. The summed E-state index contributed by atoms with van der Waals surface area (Å²) in [6.07, 6.45) is 9.08. The zero-order valence-corrected chi connectivity index (χ0v) is 25.5. The van der Waals surface area contributed by atoms with Gasteiger partial charge in [-0.2, -0.15) is 0 Å². The molecule has 5 aliphatic rings. The Kier molecular flexibility index (Phi) is 6.53. The summed E-state index contributed by atoms with van der Waals surface area (Å²) in [5.41, 5.74) is -0.445. The minimum absolute atomic E-state index is 0.0269. The normalized spacial score (nSPS) is 47.5. The van der Waals surface area contributed by atoms with E-state index < -0.39 is 29.7 Å². The largest absolute Gasteiger partial charge is 0.481 e. The van der Waals surface area contributed by atoms with Crippen molar-refractivity contribution in [1.82, 2.24) is 5.32 Å². The summed E-state index contributed by atoms with van der Waals surface area (Å²) >= 11 is 0. The van der Waals surface area contributed by atoms with Crippen LogP contribution in [0.1, 0.15) is 113 Å². The van der Waals surface area contributed by atoms with Gasteiger partial charge in [-0.05, 0) is 110 Å². The summed E-state index contributed by atoms with van der Waals surface area (Å²) in [6, 6.07) is -0.131. The highest BCUT2D eigenvalue weighted by Gasteiger charge is 2.70. The van der Waals surface area contributed by atoms with Gasteiger partial charge >= 0.3 is 11.9 Å². The van der Waals surface area contributed by atoms with Crippen molar-refractivity contribution in [3.63, 3.8) is 0 Å². The number of nitrogens with one attached hydrogen (secondary N) is 1. The molecule has 0 aromatic carbocycles. The monoisotopic (exact) mass is 555 g/mol. The maximum atomic E-state index is 14.4. The summed E-state index contributed by atoms with van der Waals surface area (Å²) < 4.78 is 0. The van der Waals surface area contributed by atoms with E-state index >= 15 is 0 Å². The zero-order chi connectivity index (χ0) is 29.7. The molecular formula is C33H49NO6. The molecule has 0 bridgehead atoms. The molecule has 0 spiro atoms. The molecule has 0 aromatic heterocycles. The number of carboxylic acids is 2. The van der Waals surface area contributed by atoms with Gasteiger partial charge in [-0.3, -0.25) is 19.2 Å². The Morgan fingerprint density at radius 3 is 2.17 bits per heavy atom. The molecular weight excluding hydrogens is 506 g/mol. The van der Waals surface area contributed by atoms with Crippen molar-refractivity contribution in [1.29, 1.82) is 0 Å². The Bertz CT molecular complexity index is 1190. The molecule has 0 heterocycles. The molecule has 5 aliphatic carbocycles. The molecule has 0 radical (unpaired) electrons. The predicted octanol–water partition coefficient (Wildman–Crippen LogP) is 6.01. The van der Waals surface area contributed by atoms with E-state index in [0.29, 0.717) is 12.8 Å². The van der Waals surface area contributed by atoms with Gasteiger partial charge < -0.3 is 15.5 Å². The number of hydrogen-bond acceptors (Lipinski definition) is 4. The van der Waals surface area contributed by atoms with Gasteiger partial charge in [0.1, 0.15) is 6.42 Å². The molecule has 1 amide bonds. The van der Waals surface area contributed by atoms with Gasteiger partial charge in [-0.25, -0.2) is 0 Å². The van der Waals surface area contributed by atoms with E-state index in [-0.39, 0.29) is 56.7 Å². The fraction of sp³-hybridized carbons (Fsp3) is 0.818. The first-order valence-corrected chi connectivity index (χ1v) is 15.3. The first kappa shape index (κ1) is 29.3. The molecule has 4 fully saturated rings. The van der Waals surface area contributed by atoms with Crippen molar-refractivity contribution in [3.8, 4) is 0 Å². The Morgan fingerprint density at radius 2 is 1.55 bits per heavy atom. The molecule has 222 valence electrons. The third kappa shape index (κ3) is 3.88. The summed E-state index contributed by atoms with van der Waals surface area (Å²) in [7, 11) is 0. The van der Waals surface area contributed by atoms with Gasteiger partial charge in [-0.15, -0.1) is 0 Å². The van der Waals surface area contributed by atoms with E-state index in [2.05, 4.69) is 46.9 Å². The first-order valence-electron chi connectivity index (χ1n) is 15.3. The maximum absolute atomic E-state index is 14.4. The third-order valence-electron chi connectivity index (χ3n) is 13.8. The Balaban J connectivity index is 1.52. The van der Waals surface area contributed by atoms with E-state index in [1.54, 1.807) is 0 Å². The number of fused-ring (bicyclic) bond motifs is 7. The molecule has 5 rings (SSSR count). The van der Waals surface area contributed by atoms with Crippen molar-refractivity contribution in [2.45, 2.75) is 119 Å². The van der Waals surface area contributed by atoms with Gasteiger partial charge in [0.25, 0.3) is 0 Å². The highest BCUT2D eigenvalue weighted by atomic mass is 16.4. The molecule has 7 nitrogen and oxygen atoms in total. The van der Waals surface area contributed by atoms with Crippen LogP contribution in [0.15, 0.2) is 11.6 Å². The molecule has 0 aliphatic heterocycles. The number of aliphatic carboxylic acids is 2. The number of allylic oxidation sites excluding steroid dienone is 2. The summed E-state index contributed by atoms with van der Waals surface area (Å²) in [4.78, 5) is 50.3. The smallest absolute Gasteiger partial charge is 0.312 e. The van der Waals surface area contributed by atoms with Crippen molar-refractivity contribution in [2.24, 2.45) is 50.2 Å². The number of rotatable bonds is 4. The molecule has 4 saturated carbocycles. The second-order valence-electron chi connectivity index (χ2n) is 16.1. The molecule has 3 N–H and O–H groups in total. The molecule has 0 aromatic rings. The quantitative estimate of drug-likeness (QED) is 0.365. The summed E-state index contributed by atoms with van der Waals surface area (Å²) in [6.45, 7) is 15.6. The predicted molar refractivity (Wildman–Crippen MR) is 151 cm³/mol. The zero-order valence-electron chi connectivity index (χ0n) is 25.5. The standard InChI is InChI=1S/C33H49NO6/c1-28(2)22-8-11-33(7)26(31(22,5)10-9-23(28)34-24(36)17-25(37)38)21(35)16-19-20-18-30(4,27(39)40)13-12-29(20,3)14-15-32(19,33)6/h16,20,22-23,26H,8-15,17-18H2,1-7H3,(H,34,36)(H,37,38)(H,39,40)/t20-,22-,23-,26+,29+,30-,31-,32+,33+/m0/s1. The molecule has 40 heavy (non-hydrogen) atoms. The number of hydrogen-bond donors (Lipinski definition) is 3. The number of carbonyl (C=O) groups is 4. The highest BCUT2D eigenvalue weighted by molar-refractivity contribution is 5.96. The lowest BCUT2D eigenvalue weighted by atomic mass is 9.33. The van der Waals surface area contributed by atoms with Crippen molar-refractivity contribution in [2.75, 3.05) is 0 Å². The van der Waals surface area contributed by atoms with Gasteiger partial charge in [-0.1, -0.05) is 47.1 Å². The maximum Gasteiger partial charge on any atom is 0.312 e. The Hall–Kier alpha value is -2.18. The molecule has 0 unspecified atom stereocenters. The minimum atomic E-state index is -1.13. The molecule has 9 atom stereocenters. The lowest BCUT2D eigenvalue weighted by Gasteiger charge is -2.70. The van der Waals surface area contributed by atoms with Crippen LogP contribution in [-0.2, 0) is 19.2 Å². The van der Waals surface area contributed by atoms with Crippen LogP contribution >= 0.6 is 0 Å². The van der Waals surface area contributed by atoms with E-state index in [0.717, 1.165) is 44.9 Å². The van der Waals surface area contributed by atoms with Gasteiger partial charge in [0.2, 0.25) is 5.91 Å². The number of amides is 1. The van der Waals surface area contributed by atoms with E-state index in [1.807, 2.05) is 13.0 Å². The van der Waals surface area contributed by atoms with Crippen LogP contribution in [-0.4, -0.2) is 39.9 Å². The van der Waals surface area contributed by atoms with E-state index in [9.17, 15) is 24.3 Å². The fourth-order valence-electron chi connectivity index (χ4n) is 11.0. The second kappa shape index (κ2) is 8.91. The van der Waals surface area contributed by atoms with Crippen LogP contribution in [0.4, 0.5) is 0 Å². The SMILES string of the molecule is CC1(C)[C@@H](NC(=O)CC(=O)O)CC[C@]2(C)[C@H]3C(=O)C=C4[C@@H]5C[C@@](C)(C(=O)O)CC[C@]5(C)CC[C@@]4(C)[C@]3(C)CC[C@@H]12. The second-order valence-corrected chi connectivity index (χ2v) is 16.1. The van der Waals surface area contributed by atoms with E-state index in [4.69, 9.17) is 5.11 Å². The average molecular weight is 556 g/mol. The van der Waals surface area contributed by atoms with Crippen LogP contribution in [0.5, 0.6) is 0 Å². The summed E-state index contributed by atoms with van der Waals surface area (Å²) in [5.74, 6) is -1.92. The van der Waals surface area contributed by atoms with Crippen LogP contribution < -0.4 is 5.32 Å². The topological polar surface area (TPSA) is 121 Å². The van der Waals surface area contributed by atoms with Gasteiger partial charge in [0.15, 0.2) is 5.78 Å². The lowest BCUT2D eigenvalue weighted by molar-refractivity contribution is -0.190. The minimum Gasteiger partial charge on any atom is -0.481 e. The third-order valence-corrected chi connectivity index (χ3v) is 13.8. The van der Waals surface area contributed by atoms with Crippen LogP contribution in [0.3, 0.4) is 0 Å². The Morgan fingerprint density at radius 1 is 0.900 bits per heavy atom. The highest BCUT2D eigenvalue weighted by Crippen LogP contribution is 2.75. The van der Waals surface area contributed by atoms with Crippen molar-refractivity contribution in [3.05, 3.63) is 11.6 Å². The van der Waals surface area contributed by atoms with Crippen LogP contribution in [0.25, 0.3) is 0 Å². The van der Waals surface area contributed by atoms with Gasteiger partial charge in [0.05, 0.1) is 5.41 Å². The Labute approximate surface area is 238 Å². The van der Waals surface area contributed by atoms with Crippen LogP contribution in [0.2, 0.25) is 0 Å². The average Bonchev–Trinajstić information content (AvgIpc) is 2.82. The van der Waals surface area contributed by atoms with E-state index in [1.165, 1.54) is 5.57 Å². The fourth-order valence-corrected chi connectivity index (χ4v) is 11.0. The number of carboxylic acid groups (broad SMARTS) is 2. The number of carbonyl (C=O) groups excluding carboxylic acids is 2. The first-order chi connectivity index (χ1) is 18.3. The van der Waals surface area contributed by atoms with Crippen LogP contribution in [0, 0.1) is 50.2 Å². The molecule has 0 saturated heterocycles.